The molecule has 5 heteroatoms. The van der Waals surface area contributed by atoms with E-state index >= 15 is 0 Å². The Bertz CT molecular complexity index is 780. The number of unbranched alkanes of at least 4 members (excludes halogenated alkanes) is 32. The third kappa shape index (κ3) is 43.4. The summed E-state index contributed by atoms with van der Waals surface area (Å²) in [6.45, 7) is 7.84. The minimum absolute atomic E-state index is 0.0892. The molecule has 0 heterocycles. The minimum atomic E-state index is -0.527. The van der Waals surface area contributed by atoms with Crippen LogP contribution in [0.2, 0.25) is 0 Å². The summed E-state index contributed by atoms with van der Waals surface area (Å²) < 4.78 is 17.3. The van der Waals surface area contributed by atoms with Gasteiger partial charge in [0.1, 0.15) is 6.61 Å². The molecular weight excluding hydrogens is 669 g/mol. The molecule has 0 aliphatic rings. The monoisotopic (exact) mass is 763 g/mol. The lowest BCUT2D eigenvalue weighted by atomic mass is 10.0. The minimum Gasteiger partial charge on any atom is -0.462 e. The van der Waals surface area contributed by atoms with Gasteiger partial charge in [0.25, 0.3) is 0 Å². The van der Waals surface area contributed by atoms with E-state index in [0.717, 1.165) is 38.5 Å². The largest absolute Gasteiger partial charge is 0.462 e. The van der Waals surface area contributed by atoms with Crippen molar-refractivity contribution in [1.82, 2.24) is 0 Å². The van der Waals surface area contributed by atoms with Gasteiger partial charge in [-0.25, -0.2) is 0 Å². The van der Waals surface area contributed by atoms with Gasteiger partial charge in [-0.3, -0.25) is 9.59 Å². The molecule has 1 atom stereocenters. The molecule has 0 bridgehead atoms. The van der Waals surface area contributed by atoms with E-state index in [1.165, 1.54) is 193 Å². The fourth-order valence-electron chi connectivity index (χ4n) is 7.15. The summed E-state index contributed by atoms with van der Waals surface area (Å²) in [6, 6.07) is 0. The summed E-state index contributed by atoms with van der Waals surface area (Å²) in [7, 11) is 0. The second-order valence-corrected chi connectivity index (χ2v) is 16.4. The van der Waals surface area contributed by atoms with Crippen LogP contribution in [-0.4, -0.2) is 37.9 Å². The normalized spacial score (nSPS) is 12.1. The van der Waals surface area contributed by atoms with Gasteiger partial charge in [0, 0.05) is 19.4 Å². The Morgan fingerprint density at radius 2 is 0.722 bits per heavy atom. The summed E-state index contributed by atoms with van der Waals surface area (Å²) >= 11 is 0. The smallest absolute Gasteiger partial charge is 0.306 e. The summed E-state index contributed by atoms with van der Waals surface area (Å²) in [5, 5.41) is 0. The standard InChI is InChI=1S/C49H94O5/c1-4-7-10-13-16-19-21-23-25-27-29-31-33-36-39-42-48(50)53-46-47(45-52-44-41-38-35-18-15-12-9-6-3)54-49(51)43-40-37-34-32-30-28-26-24-22-20-17-14-11-8-5-2/h23,25,47H,4-22,24,26-46H2,1-3H3/b25-23-. The lowest BCUT2D eigenvalue weighted by Gasteiger charge is -2.18. The van der Waals surface area contributed by atoms with E-state index < -0.39 is 6.10 Å². The zero-order valence-corrected chi connectivity index (χ0v) is 36.8. The molecular formula is C49H94O5. The van der Waals surface area contributed by atoms with Crippen LogP contribution in [0.4, 0.5) is 0 Å². The van der Waals surface area contributed by atoms with Gasteiger partial charge in [-0.05, 0) is 44.9 Å². The molecule has 0 aliphatic heterocycles. The fourth-order valence-corrected chi connectivity index (χ4v) is 7.15. The maximum atomic E-state index is 12.7. The summed E-state index contributed by atoms with van der Waals surface area (Å²) in [4.78, 5) is 25.2. The Kier molecular flexibility index (Phi) is 44.9. The number of hydrogen-bond donors (Lipinski definition) is 0. The molecule has 0 saturated carbocycles. The zero-order valence-electron chi connectivity index (χ0n) is 36.8. The summed E-state index contributed by atoms with van der Waals surface area (Å²) in [5.74, 6) is -0.391. The van der Waals surface area contributed by atoms with Crippen LogP contribution < -0.4 is 0 Å². The predicted octanol–water partition coefficient (Wildman–Crippen LogP) is 15.9. The van der Waals surface area contributed by atoms with Crippen LogP contribution in [0.5, 0.6) is 0 Å². The number of hydrogen-bond acceptors (Lipinski definition) is 5. The molecule has 5 nitrogen and oxygen atoms in total. The van der Waals surface area contributed by atoms with E-state index in [1.807, 2.05) is 0 Å². The van der Waals surface area contributed by atoms with Crippen LogP contribution in [0, 0.1) is 0 Å². The maximum absolute atomic E-state index is 12.7. The molecule has 1 unspecified atom stereocenters. The van der Waals surface area contributed by atoms with Crippen molar-refractivity contribution in [3.63, 3.8) is 0 Å². The molecule has 0 amide bonds. The van der Waals surface area contributed by atoms with Crippen molar-refractivity contribution in [2.24, 2.45) is 0 Å². The second kappa shape index (κ2) is 46.0. The van der Waals surface area contributed by atoms with Crippen LogP contribution >= 0.6 is 0 Å². The van der Waals surface area contributed by atoms with Crippen LogP contribution in [0.3, 0.4) is 0 Å². The van der Waals surface area contributed by atoms with Gasteiger partial charge in [0.15, 0.2) is 6.10 Å². The van der Waals surface area contributed by atoms with E-state index in [-0.39, 0.29) is 18.5 Å². The van der Waals surface area contributed by atoms with E-state index in [2.05, 4.69) is 32.9 Å². The van der Waals surface area contributed by atoms with E-state index in [1.54, 1.807) is 0 Å². The number of rotatable bonds is 45. The molecule has 0 saturated heterocycles. The first kappa shape index (κ1) is 52.6. The Hall–Kier alpha value is -1.36. The van der Waals surface area contributed by atoms with Crippen molar-refractivity contribution in [1.29, 1.82) is 0 Å². The number of allylic oxidation sites excluding steroid dienone is 2. The van der Waals surface area contributed by atoms with E-state index in [0.29, 0.717) is 26.1 Å². The van der Waals surface area contributed by atoms with Crippen molar-refractivity contribution in [3.8, 4) is 0 Å². The quantitative estimate of drug-likeness (QED) is 0.0351. The van der Waals surface area contributed by atoms with E-state index in [4.69, 9.17) is 14.2 Å². The Morgan fingerprint density at radius 1 is 0.389 bits per heavy atom. The zero-order chi connectivity index (χ0) is 39.3. The molecule has 0 aromatic carbocycles. The summed E-state index contributed by atoms with van der Waals surface area (Å²) in [6.07, 6.45) is 50.7. The van der Waals surface area contributed by atoms with Crippen molar-refractivity contribution in [3.05, 3.63) is 12.2 Å². The highest BCUT2D eigenvalue weighted by molar-refractivity contribution is 5.70. The molecule has 0 aliphatic carbocycles. The third-order valence-corrected chi connectivity index (χ3v) is 10.8. The molecule has 0 radical (unpaired) electrons. The first-order chi connectivity index (χ1) is 26.6. The van der Waals surface area contributed by atoms with Gasteiger partial charge in [-0.2, -0.15) is 0 Å². The Balaban J connectivity index is 4.14. The van der Waals surface area contributed by atoms with Crippen LogP contribution in [-0.2, 0) is 23.8 Å². The molecule has 0 fully saturated rings. The topological polar surface area (TPSA) is 61.8 Å². The molecule has 0 aromatic heterocycles. The van der Waals surface area contributed by atoms with Crippen molar-refractivity contribution in [2.75, 3.05) is 19.8 Å². The molecule has 0 spiro atoms. The Labute approximate surface area is 337 Å². The lowest BCUT2D eigenvalue weighted by molar-refractivity contribution is -0.163. The Morgan fingerprint density at radius 3 is 1.13 bits per heavy atom. The third-order valence-electron chi connectivity index (χ3n) is 10.8. The van der Waals surface area contributed by atoms with Crippen molar-refractivity contribution < 1.29 is 23.8 Å². The molecule has 54 heavy (non-hydrogen) atoms. The van der Waals surface area contributed by atoms with E-state index in [9.17, 15) is 9.59 Å². The molecule has 0 rings (SSSR count). The van der Waals surface area contributed by atoms with Gasteiger partial charge in [-0.15, -0.1) is 0 Å². The molecule has 0 aromatic rings. The molecule has 320 valence electrons. The lowest BCUT2D eigenvalue weighted by Crippen LogP contribution is -2.30. The SMILES string of the molecule is CCCCCCCC/C=C\CCCCCCCC(=O)OCC(COCCCCCCCCCC)OC(=O)CCCCCCCCCCCCCCCCC. The van der Waals surface area contributed by atoms with Gasteiger partial charge < -0.3 is 14.2 Å². The highest BCUT2D eigenvalue weighted by Gasteiger charge is 2.17. The number of ether oxygens (including phenoxy) is 3. The number of carbonyl (C=O) groups excluding carboxylic acids is 2. The highest BCUT2D eigenvalue weighted by atomic mass is 16.6. The second-order valence-electron chi connectivity index (χ2n) is 16.4. The van der Waals surface area contributed by atoms with Gasteiger partial charge in [0.05, 0.1) is 6.61 Å². The maximum Gasteiger partial charge on any atom is 0.306 e. The first-order valence-electron chi connectivity index (χ1n) is 24.2. The van der Waals surface area contributed by atoms with Crippen LogP contribution in [0.15, 0.2) is 12.2 Å². The van der Waals surface area contributed by atoms with Gasteiger partial charge in [0.2, 0.25) is 0 Å². The van der Waals surface area contributed by atoms with Gasteiger partial charge >= 0.3 is 11.9 Å². The van der Waals surface area contributed by atoms with Crippen LogP contribution in [0.25, 0.3) is 0 Å². The average molecular weight is 763 g/mol. The average Bonchev–Trinajstić information content (AvgIpc) is 3.17. The number of esters is 2. The number of carbonyl (C=O) groups is 2. The summed E-state index contributed by atoms with van der Waals surface area (Å²) in [5.41, 5.74) is 0. The highest BCUT2D eigenvalue weighted by Crippen LogP contribution is 2.15. The van der Waals surface area contributed by atoms with Crippen molar-refractivity contribution in [2.45, 2.75) is 271 Å². The van der Waals surface area contributed by atoms with Gasteiger partial charge in [-0.1, -0.05) is 219 Å². The van der Waals surface area contributed by atoms with Crippen LogP contribution in [0.1, 0.15) is 265 Å². The predicted molar refractivity (Wildman–Crippen MR) is 233 cm³/mol. The first-order valence-corrected chi connectivity index (χ1v) is 24.2. The van der Waals surface area contributed by atoms with Crippen molar-refractivity contribution >= 4 is 11.9 Å². The molecule has 0 N–H and O–H groups in total. The fraction of sp³-hybridized carbons (Fsp3) is 0.918.